The Morgan fingerprint density at radius 2 is 2.19 bits per heavy atom. The van der Waals surface area contributed by atoms with Gasteiger partial charge in [-0.15, -0.1) is 0 Å². The zero-order chi connectivity index (χ0) is 15.4. The molecule has 2 aromatic rings. The minimum atomic E-state index is -0.0672. The Morgan fingerprint density at radius 3 is 2.81 bits per heavy atom. The van der Waals surface area contributed by atoms with E-state index in [0.29, 0.717) is 29.4 Å². The third kappa shape index (κ3) is 3.53. The van der Waals surface area contributed by atoms with Gasteiger partial charge in [0.05, 0.1) is 24.1 Å². The summed E-state index contributed by atoms with van der Waals surface area (Å²) in [5.41, 5.74) is 7.77. The molecule has 1 amide bonds. The SMILES string of the molecule is CCc1cnc(CNc2cc(C(=O)N(C)C)ccc2N)o1. The molecule has 0 aliphatic heterocycles. The number of nitrogens with two attached hydrogens (primary N) is 1. The van der Waals surface area contributed by atoms with Crippen LogP contribution in [0, 0.1) is 0 Å². The molecular formula is C15H20N4O2. The van der Waals surface area contributed by atoms with Crippen LogP contribution < -0.4 is 11.1 Å². The summed E-state index contributed by atoms with van der Waals surface area (Å²) in [4.78, 5) is 17.6. The standard InChI is InChI=1S/C15H20N4O2/c1-4-11-8-18-14(21-11)9-17-13-7-10(5-6-12(13)16)15(20)19(2)3/h5-8,17H,4,9,16H2,1-3H3. The molecule has 0 fully saturated rings. The Morgan fingerprint density at radius 1 is 1.43 bits per heavy atom. The predicted octanol–water partition coefficient (Wildman–Crippen LogP) is 2.13. The van der Waals surface area contributed by atoms with Crippen molar-refractivity contribution in [1.29, 1.82) is 0 Å². The van der Waals surface area contributed by atoms with Gasteiger partial charge in [0.15, 0.2) is 0 Å². The number of anilines is 2. The zero-order valence-electron chi connectivity index (χ0n) is 12.5. The first-order valence-electron chi connectivity index (χ1n) is 6.80. The highest BCUT2D eigenvalue weighted by molar-refractivity contribution is 5.95. The quantitative estimate of drug-likeness (QED) is 0.823. The molecule has 1 aromatic carbocycles. The van der Waals surface area contributed by atoms with Gasteiger partial charge in [0.1, 0.15) is 5.76 Å². The van der Waals surface area contributed by atoms with E-state index in [2.05, 4.69) is 10.3 Å². The van der Waals surface area contributed by atoms with Gasteiger partial charge in [-0.3, -0.25) is 4.79 Å². The number of aryl methyl sites for hydroxylation is 1. The Hall–Kier alpha value is -2.50. The smallest absolute Gasteiger partial charge is 0.253 e. The number of nitrogen functional groups attached to an aromatic ring is 1. The summed E-state index contributed by atoms with van der Waals surface area (Å²) in [5, 5.41) is 3.15. The molecule has 0 saturated carbocycles. The molecule has 1 aromatic heterocycles. The van der Waals surface area contributed by atoms with Crippen molar-refractivity contribution in [3.05, 3.63) is 41.6 Å². The molecule has 0 aliphatic rings. The molecule has 0 radical (unpaired) electrons. The van der Waals surface area contributed by atoms with Crippen molar-refractivity contribution < 1.29 is 9.21 Å². The number of hydrogen-bond donors (Lipinski definition) is 2. The van der Waals surface area contributed by atoms with E-state index in [-0.39, 0.29) is 5.91 Å². The van der Waals surface area contributed by atoms with Crippen LogP contribution in [0.1, 0.15) is 28.9 Å². The van der Waals surface area contributed by atoms with Gasteiger partial charge in [-0.1, -0.05) is 6.92 Å². The van der Waals surface area contributed by atoms with Crippen LogP contribution >= 0.6 is 0 Å². The van der Waals surface area contributed by atoms with Gasteiger partial charge in [-0.25, -0.2) is 4.98 Å². The van der Waals surface area contributed by atoms with E-state index < -0.39 is 0 Å². The average Bonchev–Trinajstić information content (AvgIpc) is 2.93. The van der Waals surface area contributed by atoms with E-state index in [0.717, 1.165) is 12.2 Å². The molecule has 1 heterocycles. The number of aromatic nitrogens is 1. The number of nitrogens with zero attached hydrogens (tertiary/aromatic N) is 2. The summed E-state index contributed by atoms with van der Waals surface area (Å²) in [6.07, 6.45) is 2.52. The Bertz CT molecular complexity index is 634. The van der Waals surface area contributed by atoms with Gasteiger partial charge in [-0.2, -0.15) is 0 Å². The minimum absolute atomic E-state index is 0.0672. The molecule has 0 unspecified atom stereocenters. The zero-order valence-corrected chi connectivity index (χ0v) is 12.5. The topological polar surface area (TPSA) is 84.4 Å². The van der Waals surface area contributed by atoms with Crippen molar-refractivity contribution in [1.82, 2.24) is 9.88 Å². The highest BCUT2D eigenvalue weighted by Crippen LogP contribution is 2.21. The van der Waals surface area contributed by atoms with Crippen LogP contribution in [0.15, 0.2) is 28.8 Å². The second-order valence-corrected chi connectivity index (χ2v) is 4.93. The number of nitrogens with one attached hydrogen (secondary N) is 1. The lowest BCUT2D eigenvalue weighted by atomic mass is 10.1. The van der Waals surface area contributed by atoms with Crippen molar-refractivity contribution in [2.75, 3.05) is 25.1 Å². The van der Waals surface area contributed by atoms with Crippen molar-refractivity contribution in [3.63, 3.8) is 0 Å². The fourth-order valence-electron chi connectivity index (χ4n) is 1.86. The van der Waals surface area contributed by atoms with E-state index in [1.165, 1.54) is 4.90 Å². The molecule has 6 nitrogen and oxygen atoms in total. The van der Waals surface area contributed by atoms with Gasteiger partial charge in [0.25, 0.3) is 5.91 Å². The first-order chi connectivity index (χ1) is 10.0. The van der Waals surface area contributed by atoms with E-state index in [1.807, 2.05) is 6.92 Å². The Balaban J connectivity index is 2.11. The van der Waals surface area contributed by atoms with Gasteiger partial charge in [0, 0.05) is 26.1 Å². The normalized spacial score (nSPS) is 10.4. The Labute approximate surface area is 124 Å². The largest absolute Gasteiger partial charge is 0.444 e. The van der Waals surface area contributed by atoms with Gasteiger partial charge < -0.3 is 20.4 Å². The summed E-state index contributed by atoms with van der Waals surface area (Å²) in [7, 11) is 3.43. The number of hydrogen-bond acceptors (Lipinski definition) is 5. The second-order valence-electron chi connectivity index (χ2n) is 4.93. The van der Waals surface area contributed by atoms with E-state index in [1.54, 1.807) is 38.5 Å². The maximum Gasteiger partial charge on any atom is 0.253 e. The van der Waals surface area contributed by atoms with Gasteiger partial charge in [0.2, 0.25) is 5.89 Å². The van der Waals surface area contributed by atoms with E-state index in [9.17, 15) is 4.79 Å². The second kappa shape index (κ2) is 6.30. The molecule has 3 N–H and O–H groups in total. The molecule has 0 aliphatic carbocycles. The highest BCUT2D eigenvalue weighted by atomic mass is 16.4. The number of oxazole rings is 1. The molecule has 112 valence electrons. The molecule has 6 heteroatoms. The molecule has 0 spiro atoms. The number of benzene rings is 1. The number of rotatable bonds is 5. The van der Waals surface area contributed by atoms with Crippen molar-refractivity contribution >= 4 is 17.3 Å². The van der Waals surface area contributed by atoms with Crippen LogP contribution in [0.5, 0.6) is 0 Å². The molecule has 21 heavy (non-hydrogen) atoms. The van der Waals surface area contributed by atoms with Crippen LogP contribution in [-0.4, -0.2) is 29.9 Å². The van der Waals surface area contributed by atoms with Gasteiger partial charge in [-0.05, 0) is 18.2 Å². The number of carbonyl (C=O) groups is 1. The molecule has 2 rings (SSSR count). The first kappa shape index (κ1) is 14.9. The van der Waals surface area contributed by atoms with Gasteiger partial charge >= 0.3 is 0 Å². The lowest BCUT2D eigenvalue weighted by molar-refractivity contribution is 0.0827. The minimum Gasteiger partial charge on any atom is -0.444 e. The van der Waals surface area contributed by atoms with Crippen LogP contribution in [0.25, 0.3) is 0 Å². The molecule has 0 saturated heterocycles. The van der Waals surface area contributed by atoms with Crippen molar-refractivity contribution in [2.24, 2.45) is 0 Å². The van der Waals surface area contributed by atoms with Crippen LogP contribution in [-0.2, 0) is 13.0 Å². The highest BCUT2D eigenvalue weighted by Gasteiger charge is 2.11. The fourth-order valence-corrected chi connectivity index (χ4v) is 1.86. The maximum atomic E-state index is 12.0. The monoisotopic (exact) mass is 288 g/mol. The fraction of sp³-hybridized carbons (Fsp3) is 0.333. The molecule has 0 atom stereocenters. The summed E-state index contributed by atoms with van der Waals surface area (Å²) in [6.45, 7) is 2.43. The van der Waals surface area contributed by atoms with Crippen LogP contribution in [0.2, 0.25) is 0 Å². The third-order valence-corrected chi connectivity index (χ3v) is 3.09. The maximum absolute atomic E-state index is 12.0. The summed E-state index contributed by atoms with van der Waals surface area (Å²) in [6, 6.07) is 5.16. The van der Waals surface area contributed by atoms with Crippen molar-refractivity contribution in [3.8, 4) is 0 Å². The summed E-state index contributed by atoms with van der Waals surface area (Å²) >= 11 is 0. The predicted molar refractivity (Wildman–Crippen MR) is 82.1 cm³/mol. The molecule has 0 bridgehead atoms. The summed E-state index contributed by atoms with van der Waals surface area (Å²) in [5.74, 6) is 1.37. The average molecular weight is 288 g/mol. The van der Waals surface area contributed by atoms with E-state index >= 15 is 0 Å². The van der Waals surface area contributed by atoms with E-state index in [4.69, 9.17) is 10.2 Å². The first-order valence-corrected chi connectivity index (χ1v) is 6.80. The van der Waals surface area contributed by atoms with Crippen LogP contribution in [0.4, 0.5) is 11.4 Å². The Kier molecular flexibility index (Phi) is 4.47. The summed E-state index contributed by atoms with van der Waals surface area (Å²) < 4.78 is 5.52. The van der Waals surface area contributed by atoms with Crippen LogP contribution in [0.3, 0.4) is 0 Å². The molecular weight excluding hydrogens is 268 g/mol. The third-order valence-electron chi connectivity index (χ3n) is 3.09. The number of amides is 1. The lowest BCUT2D eigenvalue weighted by Crippen LogP contribution is -2.21. The number of carbonyl (C=O) groups excluding carboxylic acids is 1. The lowest BCUT2D eigenvalue weighted by Gasteiger charge is -2.13. The van der Waals surface area contributed by atoms with Crippen molar-refractivity contribution in [2.45, 2.75) is 19.9 Å².